The molecule has 0 radical (unpaired) electrons. The number of carbonyl (C=O) groups is 1. The van der Waals surface area contributed by atoms with Crippen LogP contribution in [0.2, 0.25) is 0 Å². The molecule has 0 saturated carbocycles. The highest BCUT2D eigenvalue weighted by atomic mass is 32.2. The van der Waals surface area contributed by atoms with Crippen LogP contribution in [0.5, 0.6) is 5.75 Å². The second-order valence-electron chi connectivity index (χ2n) is 10.4. The molecule has 0 bridgehead atoms. The first kappa shape index (κ1) is 24.8. The highest BCUT2D eigenvalue weighted by Gasteiger charge is 2.39. The molecule has 10 nitrogen and oxygen atoms in total. The van der Waals surface area contributed by atoms with Crippen LogP contribution < -0.4 is 4.74 Å². The van der Waals surface area contributed by atoms with Gasteiger partial charge in [-0.1, -0.05) is 0 Å². The number of sulfone groups is 1. The molecule has 4 aliphatic heterocycles. The van der Waals surface area contributed by atoms with Gasteiger partial charge in [0, 0.05) is 43.9 Å². The smallest absolute Gasteiger partial charge is 0.274 e. The minimum Gasteiger partial charge on any atom is -0.497 e. The Morgan fingerprint density at radius 2 is 1.97 bits per heavy atom. The van der Waals surface area contributed by atoms with E-state index in [2.05, 4.69) is 4.90 Å². The molecule has 1 aromatic carbocycles. The van der Waals surface area contributed by atoms with Crippen molar-refractivity contribution >= 4 is 15.7 Å². The van der Waals surface area contributed by atoms with Crippen molar-refractivity contribution in [3.8, 4) is 17.0 Å². The molecule has 0 spiro atoms. The average molecular weight is 531 g/mol. The third kappa shape index (κ3) is 4.67. The number of benzene rings is 1. The molecule has 200 valence electrons. The molecule has 6 rings (SSSR count). The van der Waals surface area contributed by atoms with Crippen LogP contribution in [-0.2, 0) is 25.1 Å². The fourth-order valence-corrected chi connectivity index (χ4v) is 7.69. The quantitative estimate of drug-likeness (QED) is 0.578. The number of morpholine rings is 1. The molecule has 3 saturated heterocycles. The number of likely N-dealkylation sites (tertiary alicyclic amines) is 1. The first-order valence-electron chi connectivity index (χ1n) is 13.1. The Morgan fingerprint density at radius 1 is 1.14 bits per heavy atom. The van der Waals surface area contributed by atoms with Gasteiger partial charge in [-0.05, 0) is 49.9 Å². The second-order valence-corrected chi connectivity index (χ2v) is 12.4. The van der Waals surface area contributed by atoms with Crippen molar-refractivity contribution in [3.63, 3.8) is 0 Å². The Bertz CT molecular complexity index is 1280. The Hall–Kier alpha value is -2.47. The van der Waals surface area contributed by atoms with Gasteiger partial charge in [-0.15, -0.1) is 0 Å². The van der Waals surface area contributed by atoms with E-state index >= 15 is 0 Å². The van der Waals surface area contributed by atoms with Gasteiger partial charge in [0.05, 0.1) is 49.3 Å². The number of methoxy groups -OCH3 is 1. The van der Waals surface area contributed by atoms with Crippen molar-refractivity contribution in [2.45, 2.75) is 36.0 Å². The lowest BCUT2D eigenvalue weighted by atomic mass is 10.0. The van der Waals surface area contributed by atoms with Gasteiger partial charge in [-0.2, -0.15) is 5.10 Å². The zero-order valence-electron chi connectivity index (χ0n) is 21.2. The lowest BCUT2D eigenvalue weighted by Crippen LogP contribution is -2.41. The van der Waals surface area contributed by atoms with Crippen molar-refractivity contribution in [3.05, 3.63) is 29.5 Å². The molecule has 2 atom stereocenters. The highest BCUT2D eigenvalue weighted by Crippen LogP contribution is 2.43. The average Bonchev–Trinajstić information content (AvgIpc) is 3.56. The fourth-order valence-electron chi connectivity index (χ4n) is 6.08. The van der Waals surface area contributed by atoms with Crippen LogP contribution in [0.4, 0.5) is 0 Å². The first-order valence-corrected chi connectivity index (χ1v) is 14.8. The fraction of sp³-hybridized carbons (Fsp3) is 0.615. The number of rotatable bonds is 5. The molecule has 5 heterocycles. The molecular weight excluding hydrogens is 496 g/mol. The maximum absolute atomic E-state index is 13.6. The number of fused-ring (bicyclic) bond motifs is 3. The Labute approximate surface area is 217 Å². The predicted molar refractivity (Wildman–Crippen MR) is 135 cm³/mol. The molecule has 2 aromatic rings. The number of hydrogen-bond donors (Lipinski definition) is 0. The molecule has 3 fully saturated rings. The minimum atomic E-state index is -3.67. The van der Waals surface area contributed by atoms with Gasteiger partial charge in [0.25, 0.3) is 5.91 Å². The van der Waals surface area contributed by atoms with E-state index in [0.29, 0.717) is 49.1 Å². The van der Waals surface area contributed by atoms with E-state index in [0.717, 1.165) is 57.8 Å². The van der Waals surface area contributed by atoms with E-state index in [-0.39, 0.29) is 28.3 Å². The van der Waals surface area contributed by atoms with Crippen LogP contribution in [0.3, 0.4) is 0 Å². The number of ether oxygens (including phenoxy) is 3. The Balaban J connectivity index is 1.42. The summed E-state index contributed by atoms with van der Waals surface area (Å²) in [6.45, 7) is 6.35. The van der Waals surface area contributed by atoms with Gasteiger partial charge in [0.15, 0.2) is 15.5 Å². The van der Waals surface area contributed by atoms with Crippen molar-refractivity contribution in [1.82, 2.24) is 19.6 Å². The summed E-state index contributed by atoms with van der Waals surface area (Å²) in [6, 6.07) is 5.20. The van der Waals surface area contributed by atoms with Crippen LogP contribution >= 0.6 is 0 Å². The normalized spacial score (nSPS) is 25.5. The molecule has 4 aliphatic rings. The summed E-state index contributed by atoms with van der Waals surface area (Å²) in [6.07, 6.45) is 3.03. The lowest BCUT2D eigenvalue weighted by molar-refractivity contribution is 0.0297. The highest BCUT2D eigenvalue weighted by molar-refractivity contribution is 7.90. The Morgan fingerprint density at radius 3 is 2.73 bits per heavy atom. The zero-order valence-corrected chi connectivity index (χ0v) is 22.0. The number of aromatic nitrogens is 2. The van der Waals surface area contributed by atoms with Gasteiger partial charge in [0.2, 0.25) is 0 Å². The van der Waals surface area contributed by atoms with Crippen LogP contribution in [0.25, 0.3) is 11.3 Å². The predicted octanol–water partition coefficient (Wildman–Crippen LogP) is 1.99. The molecule has 11 heteroatoms. The monoisotopic (exact) mass is 530 g/mol. The standard InChI is InChI=1S/C26H34N4O6S/c1-34-20-4-5-21-23(13-20)37(32,33)17-22-24(26(31)29-8-11-35-12-9-29)27-30(25(21)22)19-3-2-7-28(15-19)14-18-6-10-36-16-18/h4-5,13,18-19H,2-3,6-12,14-17H2,1H3/t18?,19-/m0/s1. The van der Waals surface area contributed by atoms with Crippen LogP contribution in [-0.4, -0.2) is 100 Å². The van der Waals surface area contributed by atoms with Gasteiger partial charge in [0.1, 0.15) is 5.75 Å². The summed E-state index contributed by atoms with van der Waals surface area (Å²) >= 11 is 0. The topological polar surface area (TPSA) is 103 Å². The lowest BCUT2D eigenvalue weighted by Gasteiger charge is -2.35. The van der Waals surface area contributed by atoms with E-state index in [1.165, 1.54) is 7.11 Å². The van der Waals surface area contributed by atoms with Crippen LogP contribution in [0.1, 0.15) is 41.4 Å². The maximum atomic E-state index is 13.6. The molecule has 0 aliphatic carbocycles. The van der Waals surface area contributed by atoms with Crippen molar-refractivity contribution in [2.24, 2.45) is 5.92 Å². The van der Waals surface area contributed by atoms with Crippen LogP contribution in [0.15, 0.2) is 23.1 Å². The van der Waals surface area contributed by atoms with Crippen LogP contribution in [0, 0.1) is 5.92 Å². The largest absolute Gasteiger partial charge is 0.497 e. The summed E-state index contributed by atoms with van der Waals surface area (Å²) in [7, 11) is -2.15. The Kier molecular flexibility index (Phi) is 6.72. The number of hydrogen-bond acceptors (Lipinski definition) is 8. The van der Waals surface area contributed by atoms with Gasteiger partial charge in [-0.25, -0.2) is 8.42 Å². The summed E-state index contributed by atoms with van der Waals surface area (Å²) in [4.78, 5) is 18.1. The molecular formula is C26H34N4O6S. The van der Waals surface area contributed by atoms with E-state index in [1.54, 1.807) is 23.1 Å². The van der Waals surface area contributed by atoms with Crippen molar-refractivity contribution in [2.75, 3.05) is 66.3 Å². The summed E-state index contributed by atoms with van der Waals surface area (Å²) in [5.74, 6) is 0.566. The van der Waals surface area contributed by atoms with Crippen molar-refractivity contribution in [1.29, 1.82) is 0 Å². The van der Waals surface area contributed by atoms with E-state index in [4.69, 9.17) is 19.3 Å². The van der Waals surface area contributed by atoms with Crippen molar-refractivity contribution < 1.29 is 27.4 Å². The summed E-state index contributed by atoms with van der Waals surface area (Å²) in [5, 5.41) is 4.90. The second kappa shape index (κ2) is 10.0. The number of carbonyl (C=O) groups excluding carboxylic acids is 1. The number of nitrogens with zero attached hydrogens (tertiary/aromatic N) is 4. The summed E-state index contributed by atoms with van der Waals surface area (Å²) in [5.41, 5.74) is 2.11. The SMILES string of the molecule is COc1ccc2c(c1)S(=O)(=O)Cc1c(C(=O)N3CCOCC3)nn([C@H]3CCCN(CC4CCOC4)C3)c1-2. The van der Waals surface area contributed by atoms with E-state index in [1.807, 2.05) is 4.68 Å². The first-order chi connectivity index (χ1) is 17.9. The zero-order chi connectivity index (χ0) is 25.6. The molecule has 0 N–H and O–H groups in total. The third-order valence-corrected chi connectivity index (χ3v) is 9.67. The molecule has 1 amide bonds. The van der Waals surface area contributed by atoms with Gasteiger partial charge in [-0.3, -0.25) is 9.48 Å². The molecule has 1 aromatic heterocycles. The molecule has 1 unspecified atom stereocenters. The third-order valence-electron chi connectivity index (χ3n) is 7.99. The van der Waals surface area contributed by atoms with Gasteiger partial charge >= 0.3 is 0 Å². The van der Waals surface area contributed by atoms with E-state index in [9.17, 15) is 13.2 Å². The molecule has 37 heavy (non-hydrogen) atoms. The maximum Gasteiger partial charge on any atom is 0.274 e. The summed E-state index contributed by atoms with van der Waals surface area (Å²) < 4.78 is 45.2. The minimum absolute atomic E-state index is 0.0480. The number of amides is 1. The number of piperidine rings is 1. The van der Waals surface area contributed by atoms with E-state index < -0.39 is 9.84 Å². The van der Waals surface area contributed by atoms with Gasteiger partial charge < -0.3 is 24.0 Å².